The predicted octanol–water partition coefficient (Wildman–Crippen LogP) is 2.84. The number of hydrogen-bond donors (Lipinski definition) is 1. The zero-order valence-electron chi connectivity index (χ0n) is 12.0. The number of ether oxygens (including phenoxy) is 2. The van der Waals surface area contributed by atoms with Crippen LogP contribution >= 0.6 is 0 Å². The summed E-state index contributed by atoms with van der Waals surface area (Å²) in [5, 5.41) is 3.22. The van der Waals surface area contributed by atoms with Gasteiger partial charge in [0.25, 0.3) is 0 Å². The van der Waals surface area contributed by atoms with E-state index in [1.165, 1.54) is 24.0 Å². The molecule has 0 aliphatic carbocycles. The van der Waals surface area contributed by atoms with Crippen molar-refractivity contribution in [3.05, 3.63) is 35.4 Å². The second kappa shape index (κ2) is 7.63. The molecule has 106 valence electrons. The molecule has 1 N–H and O–H groups in total. The van der Waals surface area contributed by atoms with Gasteiger partial charge in [0.1, 0.15) is 0 Å². The fraction of sp³-hybridized carbons (Fsp3) is 0.625. The Hall–Kier alpha value is -0.900. The van der Waals surface area contributed by atoms with E-state index in [1.807, 2.05) is 7.05 Å². The smallest absolute Gasteiger partial charge is 0.0952 e. The third-order valence-electron chi connectivity index (χ3n) is 3.68. The average molecular weight is 263 g/mol. The Morgan fingerprint density at radius 1 is 1.37 bits per heavy atom. The molecule has 3 heteroatoms. The van der Waals surface area contributed by atoms with Crippen LogP contribution in [-0.4, -0.2) is 32.9 Å². The number of benzene rings is 1. The van der Waals surface area contributed by atoms with E-state index in [-0.39, 0.29) is 12.2 Å². The van der Waals surface area contributed by atoms with Crippen molar-refractivity contribution in [3.8, 4) is 0 Å². The summed E-state index contributed by atoms with van der Waals surface area (Å²) in [6, 6.07) is 8.43. The first-order valence-corrected chi connectivity index (χ1v) is 7.24. The van der Waals surface area contributed by atoms with Crippen molar-refractivity contribution in [2.24, 2.45) is 0 Å². The van der Waals surface area contributed by atoms with Crippen molar-refractivity contribution in [3.63, 3.8) is 0 Å². The van der Waals surface area contributed by atoms with Crippen LogP contribution in [0.4, 0.5) is 0 Å². The summed E-state index contributed by atoms with van der Waals surface area (Å²) in [5.41, 5.74) is 2.56. The maximum atomic E-state index is 6.10. The minimum atomic E-state index is 0.108. The van der Waals surface area contributed by atoms with E-state index in [0.29, 0.717) is 6.61 Å². The highest BCUT2D eigenvalue weighted by atomic mass is 16.5. The highest BCUT2D eigenvalue weighted by Gasteiger charge is 2.18. The molecule has 1 aliphatic rings. The molecular weight excluding hydrogens is 238 g/mol. The molecule has 1 aromatic rings. The summed E-state index contributed by atoms with van der Waals surface area (Å²) in [6.45, 7) is 4.55. The Morgan fingerprint density at radius 3 is 2.89 bits per heavy atom. The van der Waals surface area contributed by atoms with E-state index < -0.39 is 0 Å². The second-order valence-corrected chi connectivity index (χ2v) is 5.22. The highest BCUT2D eigenvalue weighted by molar-refractivity contribution is 5.28. The Kier molecular flexibility index (Phi) is 5.83. The molecule has 1 fully saturated rings. The van der Waals surface area contributed by atoms with Crippen LogP contribution in [0.5, 0.6) is 0 Å². The molecular formula is C16H25NO2. The molecule has 1 aromatic carbocycles. The van der Waals surface area contributed by atoms with Crippen LogP contribution in [-0.2, 0) is 9.47 Å². The Bertz CT molecular complexity index is 375. The molecule has 0 bridgehead atoms. The van der Waals surface area contributed by atoms with Gasteiger partial charge >= 0.3 is 0 Å². The van der Waals surface area contributed by atoms with E-state index in [9.17, 15) is 0 Å². The van der Waals surface area contributed by atoms with Crippen LogP contribution in [0.3, 0.4) is 0 Å². The minimum Gasteiger partial charge on any atom is -0.376 e. The van der Waals surface area contributed by atoms with Crippen molar-refractivity contribution in [1.29, 1.82) is 0 Å². The molecule has 2 atom stereocenters. The zero-order chi connectivity index (χ0) is 13.5. The lowest BCUT2D eigenvalue weighted by atomic mass is 10.0. The zero-order valence-corrected chi connectivity index (χ0v) is 12.0. The highest BCUT2D eigenvalue weighted by Crippen LogP contribution is 2.22. The summed E-state index contributed by atoms with van der Waals surface area (Å²) in [4.78, 5) is 0. The molecule has 0 amide bonds. The summed E-state index contributed by atoms with van der Waals surface area (Å²) >= 11 is 0. The van der Waals surface area contributed by atoms with E-state index >= 15 is 0 Å². The topological polar surface area (TPSA) is 30.5 Å². The summed E-state index contributed by atoms with van der Waals surface area (Å²) in [6.07, 6.45) is 3.96. The van der Waals surface area contributed by atoms with Crippen molar-refractivity contribution in [2.45, 2.75) is 38.4 Å². The first-order chi connectivity index (χ1) is 9.31. The lowest BCUT2D eigenvalue weighted by Crippen LogP contribution is -2.28. The number of likely N-dealkylation sites (N-methyl/N-ethyl adjacent to an activating group) is 1. The predicted molar refractivity (Wildman–Crippen MR) is 77.4 cm³/mol. The van der Waals surface area contributed by atoms with Gasteiger partial charge in [0.15, 0.2) is 0 Å². The molecule has 3 nitrogen and oxygen atoms in total. The molecule has 0 radical (unpaired) electrons. The average Bonchev–Trinajstić information content (AvgIpc) is 2.45. The van der Waals surface area contributed by atoms with Crippen LogP contribution in [0.2, 0.25) is 0 Å². The van der Waals surface area contributed by atoms with Crippen molar-refractivity contribution < 1.29 is 9.47 Å². The molecule has 1 saturated heterocycles. The molecule has 1 aliphatic heterocycles. The molecule has 2 rings (SSSR count). The maximum absolute atomic E-state index is 6.10. The fourth-order valence-electron chi connectivity index (χ4n) is 2.55. The van der Waals surface area contributed by atoms with Gasteiger partial charge in [-0.2, -0.15) is 0 Å². The lowest BCUT2D eigenvalue weighted by molar-refractivity contribution is -0.0631. The van der Waals surface area contributed by atoms with Gasteiger partial charge in [-0.3, -0.25) is 0 Å². The van der Waals surface area contributed by atoms with Crippen LogP contribution in [0, 0.1) is 6.92 Å². The van der Waals surface area contributed by atoms with Gasteiger partial charge in [0.05, 0.1) is 18.8 Å². The number of nitrogens with one attached hydrogen (secondary N) is 1. The SMILES string of the molecule is CNCC(OCC1CCCCO1)c1ccccc1C. The second-order valence-electron chi connectivity index (χ2n) is 5.22. The van der Waals surface area contributed by atoms with Gasteiger partial charge in [-0.05, 0) is 44.4 Å². The van der Waals surface area contributed by atoms with Crippen LogP contribution < -0.4 is 5.32 Å². The first kappa shape index (κ1) is 14.5. The number of aryl methyl sites for hydroxylation is 1. The lowest BCUT2D eigenvalue weighted by Gasteiger charge is -2.26. The van der Waals surface area contributed by atoms with E-state index in [0.717, 1.165) is 19.6 Å². The summed E-state index contributed by atoms with van der Waals surface area (Å²) in [5.74, 6) is 0. The molecule has 0 spiro atoms. The number of rotatable bonds is 6. The third-order valence-corrected chi connectivity index (χ3v) is 3.68. The quantitative estimate of drug-likeness (QED) is 0.856. The van der Waals surface area contributed by atoms with Crippen molar-refractivity contribution in [2.75, 3.05) is 26.8 Å². The normalized spacial score (nSPS) is 21.3. The molecule has 2 unspecified atom stereocenters. The van der Waals surface area contributed by atoms with Crippen LogP contribution in [0.15, 0.2) is 24.3 Å². The van der Waals surface area contributed by atoms with Gasteiger partial charge in [-0.15, -0.1) is 0 Å². The first-order valence-electron chi connectivity index (χ1n) is 7.24. The van der Waals surface area contributed by atoms with Gasteiger partial charge in [-0.25, -0.2) is 0 Å². The van der Waals surface area contributed by atoms with Crippen LogP contribution in [0.1, 0.15) is 36.5 Å². The maximum Gasteiger partial charge on any atom is 0.0952 e. The molecule has 19 heavy (non-hydrogen) atoms. The fourth-order valence-corrected chi connectivity index (χ4v) is 2.55. The Balaban J connectivity index is 1.94. The van der Waals surface area contributed by atoms with Gasteiger partial charge < -0.3 is 14.8 Å². The summed E-state index contributed by atoms with van der Waals surface area (Å²) in [7, 11) is 1.96. The standard InChI is InChI=1S/C16H25NO2/c1-13-7-3-4-9-15(13)16(11-17-2)19-12-14-8-5-6-10-18-14/h3-4,7,9,14,16-17H,5-6,8,10-12H2,1-2H3. The van der Waals surface area contributed by atoms with Crippen molar-refractivity contribution >= 4 is 0 Å². The Morgan fingerprint density at radius 2 is 2.21 bits per heavy atom. The van der Waals surface area contributed by atoms with Gasteiger partial charge in [0.2, 0.25) is 0 Å². The van der Waals surface area contributed by atoms with Gasteiger partial charge in [-0.1, -0.05) is 24.3 Å². The molecule has 1 heterocycles. The Labute approximate surface area is 116 Å². The summed E-state index contributed by atoms with van der Waals surface area (Å²) < 4.78 is 11.8. The largest absolute Gasteiger partial charge is 0.376 e. The molecule has 0 aromatic heterocycles. The monoisotopic (exact) mass is 263 g/mol. The van der Waals surface area contributed by atoms with E-state index in [2.05, 4.69) is 36.5 Å². The number of hydrogen-bond acceptors (Lipinski definition) is 3. The third kappa shape index (κ3) is 4.30. The van der Waals surface area contributed by atoms with Crippen molar-refractivity contribution in [1.82, 2.24) is 5.32 Å². The molecule has 0 saturated carbocycles. The van der Waals surface area contributed by atoms with Gasteiger partial charge in [0, 0.05) is 13.2 Å². The van der Waals surface area contributed by atoms with E-state index in [4.69, 9.17) is 9.47 Å². The van der Waals surface area contributed by atoms with Crippen LogP contribution in [0.25, 0.3) is 0 Å². The van der Waals surface area contributed by atoms with E-state index in [1.54, 1.807) is 0 Å². The minimum absolute atomic E-state index is 0.108.